The third kappa shape index (κ3) is 9.42. The predicted octanol–water partition coefficient (Wildman–Crippen LogP) is 7.14. The molecule has 3 saturated heterocycles. The number of halogens is 1. The number of ether oxygens (including phenoxy) is 2. The highest BCUT2D eigenvalue weighted by Crippen LogP contribution is 2.34. The number of hydrogen-bond acceptors (Lipinski definition) is 10. The molecule has 0 aliphatic carbocycles. The number of carbonyl (C=O) groups excluding carboxylic acids is 5. The molecule has 16 heteroatoms. The summed E-state index contributed by atoms with van der Waals surface area (Å²) in [6, 6.07) is 26.6. The number of benzene rings is 4. The fourth-order valence-corrected chi connectivity index (χ4v) is 9.06. The molecule has 0 unspecified atom stereocenters. The minimum Gasteiger partial charge on any atom is -0.495 e. The fourth-order valence-electron chi connectivity index (χ4n) is 8.80. The van der Waals surface area contributed by atoms with Crippen LogP contribution >= 0.6 is 11.6 Å². The van der Waals surface area contributed by atoms with Crippen LogP contribution in [0.1, 0.15) is 67.2 Å². The molecule has 0 radical (unpaired) electrons. The maximum absolute atomic E-state index is 13.9. The number of carbonyl (C=O) groups is 5. The first-order chi connectivity index (χ1) is 31.6. The van der Waals surface area contributed by atoms with Crippen molar-refractivity contribution in [2.24, 2.45) is 5.92 Å². The van der Waals surface area contributed by atoms with Crippen LogP contribution < -0.4 is 19.7 Å². The standard InChI is InChI=1S/C49H47ClN8O7/c1-64-42-14-11-34(26-41(42)58-20-17-43(59)54-49(58)63)48(62)57-23-21-55(22-24-57)29-32-7-9-33(10-8-32)47(61)56-18-15-31(16-19-56)25-40-44-38(28-51-46(44)53-30-52-40)45(60)37-13-12-36(27-39(37)50)65-35-5-3-2-4-6-35/h2-14,26-28,30-31H,15-25,29H2,1H3,(H,51,52,53)(H,54,59,63). The summed E-state index contributed by atoms with van der Waals surface area (Å²) in [4.78, 5) is 85.0. The van der Waals surface area contributed by atoms with Crippen LogP contribution in [0.15, 0.2) is 104 Å². The van der Waals surface area contributed by atoms with Crippen molar-refractivity contribution < 1.29 is 33.4 Å². The number of piperidine rings is 1. The Labute approximate surface area is 380 Å². The third-order valence-electron chi connectivity index (χ3n) is 12.4. The number of fused-ring (bicyclic) bond motifs is 1. The molecule has 0 bridgehead atoms. The van der Waals surface area contributed by atoms with Crippen molar-refractivity contribution in [2.75, 3.05) is 57.8 Å². The Morgan fingerprint density at radius 3 is 2.22 bits per heavy atom. The number of nitrogens with one attached hydrogen (secondary N) is 2. The summed E-state index contributed by atoms with van der Waals surface area (Å²) in [6.45, 7) is 4.53. The van der Waals surface area contributed by atoms with E-state index in [1.807, 2.05) is 59.5 Å². The van der Waals surface area contributed by atoms with Crippen molar-refractivity contribution in [1.82, 2.24) is 35.0 Å². The zero-order valence-corrected chi connectivity index (χ0v) is 36.6. The Morgan fingerprint density at radius 2 is 1.49 bits per heavy atom. The molecule has 65 heavy (non-hydrogen) atoms. The number of rotatable bonds is 12. The molecule has 4 aromatic carbocycles. The lowest BCUT2D eigenvalue weighted by molar-refractivity contribution is -0.120. The summed E-state index contributed by atoms with van der Waals surface area (Å²) in [7, 11) is 1.50. The molecule has 332 valence electrons. The SMILES string of the molecule is COc1ccc(C(=O)N2CCN(Cc3ccc(C(=O)N4CCC(Cc5ncnc6[nH]cc(C(=O)c7ccc(Oc8ccccc8)cc7Cl)c56)CC4)cc3)CC2)cc1N1CCC(=O)NC1=O. The van der Waals surface area contributed by atoms with Crippen LogP contribution in [0.25, 0.3) is 11.0 Å². The number of piperazine rings is 1. The van der Waals surface area contributed by atoms with Crippen molar-refractivity contribution in [2.45, 2.75) is 32.2 Å². The van der Waals surface area contributed by atoms with Crippen molar-refractivity contribution in [3.05, 3.63) is 142 Å². The fraction of sp³-hybridized carbons (Fsp3) is 0.286. The number of aromatic nitrogens is 3. The van der Waals surface area contributed by atoms with Gasteiger partial charge in [-0.3, -0.25) is 34.3 Å². The lowest BCUT2D eigenvalue weighted by atomic mass is 9.90. The Balaban J connectivity index is 0.763. The van der Waals surface area contributed by atoms with Gasteiger partial charge in [-0.15, -0.1) is 0 Å². The largest absolute Gasteiger partial charge is 0.495 e. The van der Waals surface area contributed by atoms with Crippen LogP contribution in [0.4, 0.5) is 10.5 Å². The zero-order chi connectivity index (χ0) is 45.0. The minimum atomic E-state index is -0.544. The number of amides is 5. The summed E-state index contributed by atoms with van der Waals surface area (Å²) in [5, 5.41) is 3.28. The number of likely N-dealkylation sites (tertiary alicyclic amines) is 1. The van der Waals surface area contributed by atoms with Crippen LogP contribution in [0.3, 0.4) is 0 Å². The number of imide groups is 1. The minimum absolute atomic E-state index is 0.00164. The molecule has 5 amide bonds. The third-order valence-corrected chi connectivity index (χ3v) is 12.7. The van der Waals surface area contributed by atoms with Gasteiger partial charge in [-0.2, -0.15) is 0 Å². The number of urea groups is 1. The van der Waals surface area contributed by atoms with E-state index < -0.39 is 6.03 Å². The van der Waals surface area contributed by atoms with Gasteiger partial charge >= 0.3 is 6.03 Å². The van der Waals surface area contributed by atoms with Crippen LogP contribution in [-0.2, 0) is 17.8 Å². The van der Waals surface area contributed by atoms with Crippen molar-refractivity contribution in [3.8, 4) is 17.2 Å². The van der Waals surface area contributed by atoms with E-state index >= 15 is 0 Å². The molecule has 0 saturated carbocycles. The van der Waals surface area contributed by atoms with Crippen LogP contribution in [0.5, 0.6) is 17.2 Å². The molecule has 2 N–H and O–H groups in total. The Bertz CT molecular complexity index is 2770. The molecule has 15 nitrogen and oxygen atoms in total. The monoisotopic (exact) mass is 894 g/mol. The molecule has 3 aliphatic rings. The van der Waals surface area contributed by atoms with E-state index in [9.17, 15) is 24.0 Å². The van der Waals surface area contributed by atoms with E-state index in [1.165, 1.54) is 18.3 Å². The second-order valence-corrected chi connectivity index (χ2v) is 16.9. The van der Waals surface area contributed by atoms with Crippen molar-refractivity contribution in [1.29, 1.82) is 0 Å². The second-order valence-electron chi connectivity index (χ2n) is 16.5. The first kappa shape index (κ1) is 43.2. The highest BCUT2D eigenvalue weighted by atomic mass is 35.5. The van der Waals surface area contributed by atoms with Gasteiger partial charge in [0.2, 0.25) is 5.91 Å². The van der Waals surface area contributed by atoms with Gasteiger partial charge in [-0.05, 0) is 85.3 Å². The quantitative estimate of drug-likeness (QED) is 0.120. The first-order valence-electron chi connectivity index (χ1n) is 21.7. The average Bonchev–Trinajstić information content (AvgIpc) is 3.77. The number of ketones is 1. The molecule has 3 fully saturated rings. The maximum atomic E-state index is 13.9. The molecule has 6 aromatic rings. The van der Waals surface area contributed by atoms with Crippen LogP contribution in [0, 0.1) is 5.92 Å². The van der Waals surface area contributed by atoms with Gasteiger partial charge < -0.3 is 24.3 Å². The molecular weight excluding hydrogens is 848 g/mol. The van der Waals surface area contributed by atoms with E-state index in [0.29, 0.717) is 108 Å². The zero-order valence-electron chi connectivity index (χ0n) is 35.8. The second kappa shape index (κ2) is 18.9. The Kier molecular flexibility index (Phi) is 12.6. The van der Waals surface area contributed by atoms with Gasteiger partial charge in [0.25, 0.3) is 11.8 Å². The molecule has 0 atom stereocenters. The molecule has 9 rings (SSSR count). The normalized spacial score (nSPS) is 16.1. The van der Waals surface area contributed by atoms with E-state index in [4.69, 9.17) is 21.1 Å². The average molecular weight is 895 g/mol. The molecule has 3 aliphatic heterocycles. The van der Waals surface area contributed by atoms with Gasteiger partial charge in [0.1, 0.15) is 29.2 Å². The lowest BCUT2D eigenvalue weighted by Gasteiger charge is -2.35. The number of hydrogen-bond donors (Lipinski definition) is 2. The number of anilines is 1. The summed E-state index contributed by atoms with van der Waals surface area (Å²) < 4.78 is 11.4. The number of nitrogens with zero attached hydrogens (tertiary/aromatic N) is 6. The van der Waals surface area contributed by atoms with Crippen molar-refractivity contribution in [3.63, 3.8) is 0 Å². The van der Waals surface area contributed by atoms with Gasteiger partial charge in [-0.1, -0.05) is 41.9 Å². The van der Waals surface area contributed by atoms with Crippen molar-refractivity contribution >= 4 is 57.9 Å². The van der Waals surface area contributed by atoms with E-state index in [2.05, 4.69) is 25.2 Å². The molecule has 0 spiro atoms. The highest BCUT2D eigenvalue weighted by molar-refractivity contribution is 6.35. The summed E-state index contributed by atoms with van der Waals surface area (Å²) in [6.07, 6.45) is 5.57. The highest BCUT2D eigenvalue weighted by Gasteiger charge is 2.30. The smallest absolute Gasteiger partial charge is 0.328 e. The lowest BCUT2D eigenvalue weighted by Crippen LogP contribution is -2.50. The molecule has 5 heterocycles. The van der Waals surface area contributed by atoms with Gasteiger partial charge in [0, 0.05) is 87.7 Å². The number of methoxy groups -OCH3 is 1. The Hall–Kier alpha value is -7.10. The van der Waals surface area contributed by atoms with Gasteiger partial charge in [-0.25, -0.2) is 14.8 Å². The molecular formula is C49H47ClN8O7. The summed E-state index contributed by atoms with van der Waals surface area (Å²) >= 11 is 6.64. The van der Waals surface area contributed by atoms with Gasteiger partial charge in [0.05, 0.1) is 34.5 Å². The van der Waals surface area contributed by atoms with E-state index in [0.717, 1.165) is 24.1 Å². The van der Waals surface area contributed by atoms with Crippen LogP contribution in [-0.4, -0.2) is 112 Å². The summed E-state index contributed by atoms with van der Waals surface area (Å²) in [5.74, 6) is 1.18. The first-order valence-corrected chi connectivity index (χ1v) is 22.1. The summed E-state index contributed by atoms with van der Waals surface area (Å²) in [5.41, 5.74) is 4.77. The number of H-pyrrole nitrogens is 1. The Morgan fingerprint density at radius 1 is 0.769 bits per heavy atom. The van der Waals surface area contributed by atoms with E-state index in [-0.39, 0.29) is 47.4 Å². The predicted molar refractivity (Wildman–Crippen MR) is 244 cm³/mol. The van der Waals surface area contributed by atoms with Crippen LogP contribution in [0.2, 0.25) is 5.02 Å². The van der Waals surface area contributed by atoms with E-state index in [1.54, 1.807) is 47.5 Å². The topological polar surface area (TPSA) is 170 Å². The number of para-hydroxylation sites is 1. The maximum Gasteiger partial charge on any atom is 0.328 e. The van der Waals surface area contributed by atoms with Gasteiger partial charge in [0.15, 0.2) is 5.78 Å². The molecule has 2 aromatic heterocycles. The number of aromatic amines is 1.